The van der Waals surface area contributed by atoms with Gasteiger partial charge in [0.2, 0.25) is 0 Å². The maximum absolute atomic E-state index is 12.7. The maximum Gasteiger partial charge on any atom is 0.344 e. The fourth-order valence-corrected chi connectivity index (χ4v) is 3.97. The van der Waals surface area contributed by atoms with Gasteiger partial charge in [-0.2, -0.15) is 0 Å². The number of halogens is 2. The van der Waals surface area contributed by atoms with Gasteiger partial charge in [-0.05, 0) is 53.6 Å². The molecule has 30 heavy (non-hydrogen) atoms. The van der Waals surface area contributed by atoms with Crippen molar-refractivity contribution in [2.24, 2.45) is 0 Å². The summed E-state index contributed by atoms with van der Waals surface area (Å²) in [6, 6.07) is 20.6. The van der Waals surface area contributed by atoms with Crippen LogP contribution in [0.25, 0.3) is 22.1 Å². The maximum atomic E-state index is 12.7. The molecule has 0 fully saturated rings. The Balaban J connectivity index is 1.50. The molecule has 0 atom stereocenters. The van der Waals surface area contributed by atoms with Crippen molar-refractivity contribution in [2.75, 3.05) is 6.73 Å². The van der Waals surface area contributed by atoms with E-state index in [0.717, 1.165) is 27.8 Å². The van der Waals surface area contributed by atoms with Crippen LogP contribution in [0.1, 0.15) is 11.1 Å². The van der Waals surface area contributed by atoms with Crippen LogP contribution in [0, 0.1) is 0 Å². The Morgan fingerprint density at radius 1 is 0.900 bits per heavy atom. The molecular formula is C24H17Cl2NO3. The third-order valence-corrected chi connectivity index (χ3v) is 5.73. The van der Waals surface area contributed by atoms with Gasteiger partial charge in [0.25, 0.3) is 0 Å². The lowest BCUT2D eigenvalue weighted by molar-refractivity contribution is 0.0890. The summed E-state index contributed by atoms with van der Waals surface area (Å²) >= 11 is 11.9. The molecular weight excluding hydrogens is 421 g/mol. The van der Waals surface area contributed by atoms with Crippen LogP contribution in [0.3, 0.4) is 0 Å². The summed E-state index contributed by atoms with van der Waals surface area (Å²) in [5, 5.41) is 2.19. The summed E-state index contributed by atoms with van der Waals surface area (Å²) in [5.74, 6) is 0.747. The molecule has 6 heteroatoms. The van der Waals surface area contributed by atoms with Crippen molar-refractivity contribution in [2.45, 2.75) is 13.1 Å². The van der Waals surface area contributed by atoms with Crippen molar-refractivity contribution < 1.29 is 9.15 Å². The van der Waals surface area contributed by atoms with E-state index < -0.39 is 0 Å². The first-order valence-electron chi connectivity index (χ1n) is 9.52. The van der Waals surface area contributed by atoms with E-state index in [0.29, 0.717) is 41.0 Å². The lowest BCUT2D eigenvalue weighted by Gasteiger charge is -2.29. The minimum atomic E-state index is -0.381. The predicted molar refractivity (Wildman–Crippen MR) is 119 cm³/mol. The van der Waals surface area contributed by atoms with Gasteiger partial charge in [0.1, 0.15) is 18.1 Å². The van der Waals surface area contributed by atoms with Crippen LogP contribution in [0.15, 0.2) is 75.9 Å². The molecule has 0 amide bonds. The first-order chi connectivity index (χ1) is 14.6. The normalized spacial score (nSPS) is 13.8. The molecule has 0 saturated heterocycles. The number of hydrogen-bond donors (Lipinski definition) is 0. The predicted octanol–water partition coefficient (Wildman–Crippen LogP) is 6.12. The first-order valence-corrected chi connectivity index (χ1v) is 10.3. The molecule has 0 aliphatic carbocycles. The van der Waals surface area contributed by atoms with E-state index >= 15 is 0 Å². The number of rotatable bonds is 3. The number of fused-ring (bicyclic) bond motifs is 3. The van der Waals surface area contributed by atoms with Crippen LogP contribution < -0.4 is 10.4 Å². The Morgan fingerprint density at radius 2 is 1.60 bits per heavy atom. The average molecular weight is 438 g/mol. The average Bonchev–Trinajstić information content (AvgIpc) is 2.76. The minimum Gasteiger partial charge on any atom is -0.478 e. The Kier molecular flexibility index (Phi) is 4.99. The van der Waals surface area contributed by atoms with Crippen molar-refractivity contribution in [1.82, 2.24) is 4.90 Å². The highest BCUT2D eigenvalue weighted by Gasteiger charge is 2.22. The molecule has 4 aromatic rings. The summed E-state index contributed by atoms with van der Waals surface area (Å²) in [4.78, 5) is 14.9. The molecule has 0 spiro atoms. The van der Waals surface area contributed by atoms with E-state index in [2.05, 4.69) is 4.90 Å². The molecule has 150 valence electrons. The van der Waals surface area contributed by atoms with E-state index in [1.165, 1.54) is 0 Å². The second-order valence-electron chi connectivity index (χ2n) is 7.30. The Morgan fingerprint density at radius 3 is 2.33 bits per heavy atom. The van der Waals surface area contributed by atoms with E-state index in [4.69, 9.17) is 32.4 Å². The fourth-order valence-electron chi connectivity index (χ4n) is 3.72. The van der Waals surface area contributed by atoms with Gasteiger partial charge in [-0.25, -0.2) is 4.79 Å². The Hall–Kier alpha value is -2.79. The largest absolute Gasteiger partial charge is 0.478 e. The fraction of sp³-hybridized carbons (Fsp3) is 0.125. The van der Waals surface area contributed by atoms with Crippen molar-refractivity contribution in [3.05, 3.63) is 98.3 Å². The van der Waals surface area contributed by atoms with E-state index in [1.54, 1.807) is 12.1 Å². The van der Waals surface area contributed by atoms with Gasteiger partial charge < -0.3 is 9.15 Å². The standard InChI is InChI=1S/C24H17Cl2NO3/c25-18-6-1-15(2-7-18)12-27-13-21-22(29-14-27)10-5-17-11-20(24(28)30-23(17)21)16-3-8-19(26)9-4-16/h1-11H,12-14H2. The summed E-state index contributed by atoms with van der Waals surface area (Å²) in [6.07, 6.45) is 0. The third-order valence-electron chi connectivity index (χ3n) is 5.22. The summed E-state index contributed by atoms with van der Waals surface area (Å²) < 4.78 is 11.7. The quantitative estimate of drug-likeness (QED) is 0.362. The highest BCUT2D eigenvalue weighted by atomic mass is 35.5. The monoisotopic (exact) mass is 437 g/mol. The first kappa shape index (κ1) is 19.2. The van der Waals surface area contributed by atoms with Crippen LogP contribution in [-0.2, 0) is 13.1 Å². The molecule has 0 bridgehead atoms. The van der Waals surface area contributed by atoms with Gasteiger partial charge in [-0.1, -0.05) is 47.5 Å². The minimum absolute atomic E-state index is 0.381. The highest BCUT2D eigenvalue weighted by molar-refractivity contribution is 6.30. The Labute approximate surface area is 183 Å². The van der Waals surface area contributed by atoms with E-state index in [-0.39, 0.29) is 5.63 Å². The molecule has 2 heterocycles. The molecule has 0 saturated carbocycles. The molecule has 0 radical (unpaired) electrons. The van der Waals surface area contributed by atoms with Crippen LogP contribution >= 0.6 is 23.2 Å². The molecule has 1 aromatic heterocycles. The van der Waals surface area contributed by atoms with Gasteiger partial charge in [-0.15, -0.1) is 0 Å². The van der Waals surface area contributed by atoms with Gasteiger partial charge >= 0.3 is 5.63 Å². The number of hydrogen-bond acceptors (Lipinski definition) is 4. The number of benzene rings is 3. The second kappa shape index (κ2) is 7.80. The summed E-state index contributed by atoms with van der Waals surface area (Å²) in [5.41, 5.74) is 3.48. The molecule has 0 N–H and O–H groups in total. The molecule has 5 rings (SSSR count). The van der Waals surface area contributed by atoms with Gasteiger partial charge in [-0.3, -0.25) is 4.90 Å². The number of ether oxygens (including phenoxy) is 1. The topological polar surface area (TPSA) is 42.7 Å². The van der Waals surface area contributed by atoms with Crippen molar-refractivity contribution in [3.63, 3.8) is 0 Å². The van der Waals surface area contributed by atoms with Gasteiger partial charge in [0.15, 0.2) is 0 Å². The van der Waals surface area contributed by atoms with E-state index in [1.807, 2.05) is 54.6 Å². The second-order valence-corrected chi connectivity index (χ2v) is 8.17. The zero-order valence-electron chi connectivity index (χ0n) is 15.9. The van der Waals surface area contributed by atoms with Gasteiger partial charge in [0, 0.05) is 28.5 Å². The van der Waals surface area contributed by atoms with Crippen molar-refractivity contribution in [3.8, 4) is 16.9 Å². The van der Waals surface area contributed by atoms with Crippen LogP contribution in [-0.4, -0.2) is 11.6 Å². The van der Waals surface area contributed by atoms with Crippen LogP contribution in [0.2, 0.25) is 10.0 Å². The zero-order valence-corrected chi connectivity index (χ0v) is 17.4. The molecule has 0 unspecified atom stereocenters. The van der Waals surface area contributed by atoms with Crippen LogP contribution in [0.5, 0.6) is 5.75 Å². The zero-order chi connectivity index (χ0) is 20.7. The van der Waals surface area contributed by atoms with E-state index in [9.17, 15) is 4.79 Å². The highest BCUT2D eigenvalue weighted by Crippen LogP contribution is 2.33. The lowest BCUT2D eigenvalue weighted by Crippen LogP contribution is -2.31. The third kappa shape index (κ3) is 3.70. The molecule has 4 nitrogen and oxygen atoms in total. The lowest BCUT2D eigenvalue weighted by atomic mass is 10.0. The molecule has 1 aliphatic heterocycles. The summed E-state index contributed by atoms with van der Waals surface area (Å²) in [6.45, 7) is 1.80. The van der Waals surface area contributed by atoms with Gasteiger partial charge in [0.05, 0.1) is 11.1 Å². The van der Waals surface area contributed by atoms with Crippen LogP contribution in [0.4, 0.5) is 0 Å². The molecule has 1 aliphatic rings. The Bertz CT molecular complexity index is 1280. The van der Waals surface area contributed by atoms with Crippen molar-refractivity contribution in [1.29, 1.82) is 0 Å². The smallest absolute Gasteiger partial charge is 0.344 e. The number of nitrogens with zero attached hydrogens (tertiary/aromatic N) is 1. The summed E-state index contributed by atoms with van der Waals surface area (Å²) in [7, 11) is 0. The SMILES string of the molecule is O=c1oc2c3c(ccc2cc1-c1ccc(Cl)cc1)OCN(Cc1ccc(Cl)cc1)C3. The molecule has 3 aromatic carbocycles. The van der Waals surface area contributed by atoms with Crippen molar-refractivity contribution >= 4 is 34.2 Å².